The van der Waals surface area contributed by atoms with Crippen LogP contribution < -0.4 is 10.6 Å². The molecule has 6 nitrogen and oxygen atoms in total. The number of rotatable bonds is 4. The summed E-state index contributed by atoms with van der Waals surface area (Å²) in [6, 6.07) is 9.23. The predicted molar refractivity (Wildman–Crippen MR) is 79.9 cm³/mol. The van der Waals surface area contributed by atoms with Crippen molar-refractivity contribution in [2.24, 2.45) is 4.99 Å². The van der Waals surface area contributed by atoms with Crippen molar-refractivity contribution in [2.45, 2.75) is 6.04 Å². The molecule has 1 atom stereocenters. The molecule has 1 unspecified atom stereocenters. The van der Waals surface area contributed by atoms with Crippen LogP contribution in [0.5, 0.6) is 0 Å². The average Bonchev–Trinajstić information content (AvgIpc) is 2.88. The predicted octanol–water partition coefficient (Wildman–Crippen LogP) is 0.998. The fourth-order valence-corrected chi connectivity index (χ4v) is 2.27. The van der Waals surface area contributed by atoms with Crippen molar-refractivity contribution < 1.29 is 9.53 Å². The minimum atomic E-state index is -0.420. The summed E-state index contributed by atoms with van der Waals surface area (Å²) in [4.78, 5) is 20.6. The fourth-order valence-electron chi connectivity index (χ4n) is 2.27. The van der Waals surface area contributed by atoms with Crippen molar-refractivity contribution in [3.63, 3.8) is 0 Å². The van der Waals surface area contributed by atoms with Gasteiger partial charge in [-0.3, -0.25) is 20.1 Å². The number of ether oxygens (including phenoxy) is 1. The molecule has 21 heavy (non-hydrogen) atoms. The highest BCUT2D eigenvalue weighted by molar-refractivity contribution is 6.07. The number of hydrogen-bond donors (Lipinski definition) is 2. The first-order valence-electron chi connectivity index (χ1n) is 6.73. The Morgan fingerprint density at radius 3 is 3.14 bits per heavy atom. The highest BCUT2D eigenvalue weighted by Gasteiger charge is 2.29. The number of carbonyl (C=O) groups is 1. The van der Waals surface area contributed by atoms with Gasteiger partial charge in [0.2, 0.25) is 0 Å². The molecule has 1 saturated heterocycles. The molecular formula is C15H16N4O2. The molecule has 2 aromatic rings. The molecule has 1 aliphatic heterocycles. The third-order valence-electron chi connectivity index (χ3n) is 3.31. The molecule has 0 saturated carbocycles. The average molecular weight is 284 g/mol. The summed E-state index contributed by atoms with van der Waals surface area (Å²) in [5.41, 5.74) is 1.80. The van der Waals surface area contributed by atoms with Crippen LogP contribution in [0.1, 0.15) is 11.6 Å². The van der Waals surface area contributed by atoms with E-state index in [1.807, 2.05) is 30.3 Å². The van der Waals surface area contributed by atoms with Gasteiger partial charge in [-0.25, -0.2) is 0 Å². The highest BCUT2D eigenvalue weighted by Crippen LogP contribution is 2.21. The van der Waals surface area contributed by atoms with Gasteiger partial charge in [0, 0.05) is 18.7 Å². The minimum absolute atomic E-state index is 0.102. The van der Waals surface area contributed by atoms with E-state index in [0.29, 0.717) is 19.1 Å². The number of benzene rings is 1. The summed E-state index contributed by atoms with van der Waals surface area (Å²) in [6.07, 6.45) is 1.75. The summed E-state index contributed by atoms with van der Waals surface area (Å²) in [6.45, 7) is 1.03. The van der Waals surface area contributed by atoms with Crippen molar-refractivity contribution in [1.82, 2.24) is 15.6 Å². The van der Waals surface area contributed by atoms with Gasteiger partial charge in [0.25, 0.3) is 5.91 Å². The number of pyridine rings is 1. The van der Waals surface area contributed by atoms with Crippen LogP contribution >= 0.6 is 0 Å². The first-order valence-corrected chi connectivity index (χ1v) is 6.73. The Kier molecular flexibility index (Phi) is 3.79. The standard InChI is InChI=1S/C15H16N4O2/c1-21-8-7-17-15-18-13(14(20)19-15)11-4-5-12-10(9-11)3-2-6-16-12/h2-6,9,13H,7-8H2,1H3,(H2,17,18,19,20). The van der Waals surface area contributed by atoms with E-state index in [1.54, 1.807) is 13.3 Å². The number of guanidine groups is 1. The fraction of sp³-hybridized carbons (Fsp3) is 0.267. The van der Waals surface area contributed by atoms with Gasteiger partial charge < -0.3 is 10.1 Å². The van der Waals surface area contributed by atoms with E-state index in [0.717, 1.165) is 16.5 Å². The maximum absolute atomic E-state index is 12.1. The lowest BCUT2D eigenvalue weighted by atomic mass is 10.0. The van der Waals surface area contributed by atoms with Gasteiger partial charge in [-0.15, -0.1) is 0 Å². The molecule has 2 N–H and O–H groups in total. The van der Waals surface area contributed by atoms with Crippen molar-refractivity contribution in [1.29, 1.82) is 0 Å². The summed E-state index contributed by atoms with van der Waals surface area (Å²) in [5, 5.41) is 6.84. The minimum Gasteiger partial charge on any atom is -0.383 e. The highest BCUT2D eigenvalue weighted by atomic mass is 16.5. The summed E-state index contributed by atoms with van der Waals surface area (Å²) in [7, 11) is 1.62. The third kappa shape index (κ3) is 2.85. The topological polar surface area (TPSA) is 75.6 Å². The Morgan fingerprint density at radius 1 is 1.38 bits per heavy atom. The molecule has 0 radical (unpaired) electrons. The normalized spacial score (nSPS) is 19.8. The number of fused-ring (bicyclic) bond motifs is 1. The lowest BCUT2D eigenvalue weighted by molar-refractivity contribution is -0.120. The van der Waals surface area contributed by atoms with E-state index in [9.17, 15) is 4.79 Å². The van der Waals surface area contributed by atoms with E-state index in [4.69, 9.17) is 4.74 Å². The van der Waals surface area contributed by atoms with Gasteiger partial charge >= 0.3 is 0 Å². The molecule has 0 aliphatic carbocycles. The Labute approximate surface area is 122 Å². The summed E-state index contributed by atoms with van der Waals surface area (Å²) < 4.78 is 4.93. The van der Waals surface area contributed by atoms with Crippen LogP contribution in [0.4, 0.5) is 0 Å². The molecule has 2 heterocycles. The number of nitrogens with zero attached hydrogens (tertiary/aromatic N) is 2. The van der Waals surface area contributed by atoms with Crippen LogP contribution in [0.25, 0.3) is 10.9 Å². The zero-order chi connectivity index (χ0) is 14.7. The van der Waals surface area contributed by atoms with E-state index in [-0.39, 0.29) is 5.91 Å². The molecular weight excluding hydrogens is 268 g/mol. The third-order valence-corrected chi connectivity index (χ3v) is 3.31. The Bertz CT molecular complexity index is 699. The number of amides is 1. The molecule has 108 valence electrons. The number of hydrogen-bond acceptors (Lipinski definition) is 4. The molecule has 1 aliphatic rings. The van der Waals surface area contributed by atoms with Gasteiger partial charge in [-0.2, -0.15) is 0 Å². The van der Waals surface area contributed by atoms with Crippen LogP contribution in [0.15, 0.2) is 41.5 Å². The van der Waals surface area contributed by atoms with Crippen molar-refractivity contribution >= 4 is 22.8 Å². The molecule has 3 rings (SSSR count). The van der Waals surface area contributed by atoms with Crippen LogP contribution in [0, 0.1) is 0 Å². The molecule has 0 bridgehead atoms. The SMILES string of the molecule is COCCN=C1NC(=O)C(c2ccc3ncccc3c2)N1. The molecule has 1 amide bonds. The largest absolute Gasteiger partial charge is 0.383 e. The molecule has 6 heteroatoms. The van der Waals surface area contributed by atoms with Crippen molar-refractivity contribution in [3.8, 4) is 0 Å². The first kappa shape index (κ1) is 13.5. The van der Waals surface area contributed by atoms with E-state index >= 15 is 0 Å². The van der Waals surface area contributed by atoms with Gasteiger partial charge in [0.05, 0.1) is 18.7 Å². The van der Waals surface area contributed by atoms with Crippen molar-refractivity contribution in [3.05, 3.63) is 42.1 Å². The van der Waals surface area contributed by atoms with Crippen LogP contribution in [0.2, 0.25) is 0 Å². The molecule has 1 aromatic heterocycles. The van der Waals surface area contributed by atoms with E-state index in [1.165, 1.54) is 0 Å². The zero-order valence-corrected chi connectivity index (χ0v) is 11.7. The zero-order valence-electron chi connectivity index (χ0n) is 11.7. The Hall–Kier alpha value is -2.47. The molecule has 1 fully saturated rings. The number of aliphatic imine (C=N–C) groups is 1. The maximum Gasteiger partial charge on any atom is 0.253 e. The monoisotopic (exact) mass is 284 g/mol. The lowest BCUT2D eigenvalue weighted by Gasteiger charge is -2.09. The number of aromatic nitrogens is 1. The van der Waals surface area contributed by atoms with E-state index in [2.05, 4.69) is 20.6 Å². The van der Waals surface area contributed by atoms with Crippen LogP contribution in [-0.4, -0.2) is 37.1 Å². The second kappa shape index (κ2) is 5.88. The van der Waals surface area contributed by atoms with Crippen molar-refractivity contribution in [2.75, 3.05) is 20.3 Å². The van der Waals surface area contributed by atoms with E-state index < -0.39 is 6.04 Å². The second-order valence-corrected chi connectivity index (χ2v) is 4.75. The smallest absolute Gasteiger partial charge is 0.253 e. The quantitative estimate of drug-likeness (QED) is 0.821. The van der Waals surface area contributed by atoms with Gasteiger partial charge in [-0.05, 0) is 23.8 Å². The number of methoxy groups -OCH3 is 1. The van der Waals surface area contributed by atoms with Crippen LogP contribution in [0.3, 0.4) is 0 Å². The van der Waals surface area contributed by atoms with Gasteiger partial charge in [0.15, 0.2) is 5.96 Å². The summed E-state index contributed by atoms with van der Waals surface area (Å²) in [5.74, 6) is 0.391. The number of nitrogens with one attached hydrogen (secondary N) is 2. The Balaban J connectivity index is 1.82. The Morgan fingerprint density at radius 2 is 2.29 bits per heavy atom. The second-order valence-electron chi connectivity index (χ2n) is 4.75. The molecule has 1 aromatic carbocycles. The van der Waals surface area contributed by atoms with Gasteiger partial charge in [-0.1, -0.05) is 12.1 Å². The summed E-state index contributed by atoms with van der Waals surface area (Å²) >= 11 is 0. The van der Waals surface area contributed by atoms with Gasteiger partial charge in [0.1, 0.15) is 6.04 Å². The lowest BCUT2D eigenvalue weighted by Crippen LogP contribution is -2.26. The molecule has 0 spiro atoms. The number of carbonyl (C=O) groups excluding carboxylic acids is 1. The maximum atomic E-state index is 12.1. The van der Waals surface area contributed by atoms with Crippen LogP contribution in [-0.2, 0) is 9.53 Å². The first-order chi connectivity index (χ1) is 10.3.